The van der Waals surface area contributed by atoms with E-state index in [0.717, 1.165) is 25.7 Å². The van der Waals surface area contributed by atoms with Crippen molar-refractivity contribution in [1.29, 1.82) is 0 Å². The minimum atomic E-state index is 0.540. The van der Waals surface area contributed by atoms with Gasteiger partial charge in [0.1, 0.15) is 0 Å². The lowest BCUT2D eigenvalue weighted by atomic mass is 9.77. The summed E-state index contributed by atoms with van der Waals surface area (Å²) in [7, 11) is 0. The van der Waals surface area contributed by atoms with Gasteiger partial charge in [-0.1, -0.05) is 6.92 Å². The highest BCUT2D eigenvalue weighted by Crippen LogP contribution is 2.34. The minimum absolute atomic E-state index is 0.540. The van der Waals surface area contributed by atoms with Gasteiger partial charge in [-0.15, -0.1) is 0 Å². The molecule has 2 fully saturated rings. The highest BCUT2D eigenvalue weighted by atomic mass is 16.5. The van der Waals surface area contributed by atoms with Crippen LogP contribution in [0.15, 0.2) is 0 Å². The summed E-state index contributed by atoms with van der Waals surface area (Å²) in [6.45, 7) is 7.24. The van der Waals surface area contributed by atoms with E-state index in [1.165, 1.54) is 44.9 Å². The van der Waals surface area contributed by atoms with Crippen LogP contribution >= 0.6 is 0 Å². The van der Waals surface area contributed by atoms with Gasteiger partial charge in [0.25, 0.3) is 0 Å². The van der Waals surface area contributed by atoms with E-state index in [1.54, 1.807) is 0 Å². The van der Waals surface area contributed by atoms with Crippen LogP contribution in [0.2, 0.25) is 0 Å². The molecule has 1 saturated heterocycles. The first-order chi connectivity index (χ1) is 9.31. The van der Waals surface area contributed by atoms with E-state index < -0.39 is 0 Å². The van der Waals surface area contributed by atoms with Crippen molar-refractivity contribution < 1.29 is 9.47 Å². The molecule has 112 valence electrons. The second-order valence-corrected chi connectivity index (χ2v) is 6.12. The molecular weight excluding hydrogens is 238 g/mol. The van der Waals surface area contributed by atoms with Crippen LogP contribution in [0.25, 0.3) is 0 Å². The quantitative estimate of drug-likeness (QED) is 0.697. The first-order valence-corrected chi connectivity index (χ1v) is 8.28. The maximum Gasteiger partial charge on any atom is 0.0580 e. The van der Waals surface area contributed by atoms with Crippen LogP contribution in [0.5, 0.6) is 0 Å². The van der Waals surface area contributed by atoms with E-state index in [4.69, 9.17) is 9.47 Å². The average molecular weight is 269 g/mol. The van der Waals surface area contributed by atoms with Gasteiger partial charge in [-0.05, 0) is 64.3 Å². The molecule has 1 N–H and O–H groups in total. The smallest absolute Gasteiger partial charge is 0.0580 e. The SMILES string of the molecule is CCNC(CCC1CCCO1)CC1CC(OCC)C1. The first kappa shape index (κ1) is 15.3. The third-order valence-electron chi connectivity index (χ3n) is 4.57. The summed E-state index contributed by atoms with van der Waals surface area (Å²) in [5, 5.41) is 3.66. The van der Waals surface area contributed by atoms with E-state index in [9.17, 15) is 0 Å². The number of hydrogen-bond donors (Lipinski definition) is 1. The minimum Gasteiger partial charge on any atom is -0.378 e. The molecule has 3 heteroatoms. The molecule has 0 aromatic heterocycles. The van der Waals surface area contributed by atoms with E-state index in [0.29, 0.717) is 18.2 Å². The van der Waals surface area contributed by atoms with E-state index in [-0.39, 0.29) is 0 Å². The Morgan fingerprint density at radius 2 is 2.16 bits per heavy atom. The molecule has 0 bridgehead atoms. The Labute approximate surface area is 118 Å². The normalized spacial score (nSPS) is 32.2. The Balaban J connectivity index is 1.62. The number of ether oxygens (including phenoxy) is 2. The van der Waals surface area contributed by atoms with Crippen LogP contribution in [0.3, 0.4) is 0 Å². The van der Waals surface area contributed by atoms with Crippen LogP contribution in [-0.2, 0) is 9.47 Å². The lowest BCUT2D eigenvalue weighted by molar-refractivity contribution is -0.0295. The summed E-state index contributed by atoms with van der Waals surface area (Å²) in [5.74, 6) is 0.880. The molecule has 19 heavy (non-hydrogen) atoms. The Morgan fingerprint density at radius 1 is 1.32 bits per heavy atom. The summed E-state index contributed by atoms with van der Waals surface area (Å²) >= 11 is 0. The zero-order valence-corrected chi connectivity index (χ0v) is 12.7. The van der Waals surface area contributed by atoms with Crippen LogP contribution in [-0.4, -0.2) is 38.0 Å². The van der Waals surface area contributed by atoms with Crippen molar-refractivity contribution in [2.45, 2.75) is 77.0 Å². The van der Waals surface area contributed by atoms with Crippen LogP contribution < -0.4 is 5.32 Å². The summed E-state index contributed by atoms with van der Waals surface area (Å²) in [5.41, 5.74) is 0. The van der Waals surface area contributed by atoms with Crippen molar-refractivity contribution in [3.63, 3.8) is 0 Å². The lowest BCUT2D eigenvalue weighted by Gasteiger charge is -2.37. The third-order valence-corrected chi connectivity index (χ3v) is 4.57. The molecule has 1 aliphatic carbocycles. The Hall–Kier alpha value is -0.120. The molecule has 2 rings (SSSR count). The monoisotopic (exact) mass is 269 g/mol. The Kier molecular flexibility index (Phi) is 6.62. The molecule has 2 unspecified atom stereocenters. The zero-order chi connectivity index (χ0) is 13.5. The third kappa shape index (κ3) is 5.05. The molecule has 0 amide bonds. The Bertz CT molecular complexity index is 235. The van der Waals surface area contributed by atoms with Crippen molar-refractivity contribution in [2.24, 2.45) is 5.92 Å². The molecule has 0 spiro atoms. The van der Waals surface area contributed by atoms with Crippen molar-refractivity contribution in [3.8, 4) is 0 Å². The highest BCUT2D eigenvalue weighted by Gasteiger charge is 2.31. The molecule has 2 aliphatic rings. The van der Waals surface area contributed by atoms with Crippen molar-refractivity contribution in [1.82, 2.24) is 5.32 Å². The maximum absolute atomic E-state index is 5.73. The van der Waals surface area contributed by atoms with Gasteiger partial charge in [-0.25, -0.2) is 0 Å². The van der Waals surface area contributed by atoms with E-state index in [1.807, 2.05) is 0 Å². The Morgan fingerprint density at radius 3 is 2.79 bits per heavy atom. The van der Waals surface area contributed by atoms with Crippen LogP contribution in [0.4, 0.5) is 0 Å². The predicted molar refractivity (Wildman–Crippen MR) is 78.4 cm³/mol. The first-order valence-electron chi connectivity index (χ1n) is 8.28. The molecule has 0 aromatic carbocycles. The zero-order valence-electron chi connectivity index (χ0n) is 12.7. The maximum atomic E-state index is 5.73. The van der Waals surface area contributed by atoms with Gasteiger partial charge in [-0.2, -0.15) is 0 Å². The fourth-order valence-corrected chi connectivity index (χ4v) is 3.49. The lowest BCUT2D eigenvalue weighted by Crippen LogP contribution is -2.38. The fraction of sp³-hybridized carbons (Fsp3) is 1.00. The van der Waals surface area contributed by atoms with Gasteiger partial charge in [0, 0.05) is 19.3 Å². The average Bonchev–Trinajstić information content (AvgIpc) is 2.86. The standard InChI is InChI=1S/C16H31NO2/c1-3-17-14(7-8-15-6-5-9-19-15)10-13-11-16(12-13)18-4-2/h13-17H,3-12H2,1-2H3. The summed E-state index contributed by atoms with van der Waals surface area (Å²) in [6.07, 6.45) is 10.0. The topological polar surface area (TPSA) is 30.5 Å². The molecule has 1 saturated carbocycles. The van der Waals surface area contributed by atoms with E-state index in [2.05, 4.69) is 19.2 Å². The van der Waals surface area contributed by atoms with Gasteiger partial charge in [0.05, 0.1) is 12.2 Å². The van der Waals surface area contributed by atoms with Crippen LogP contribution in [0, 0.1) is 5.92 Å². The molecule has 1 aliphatic heterocycles. The molecule has 0 radical (unpaired) electrons. The van der Waals surface area contributed by atoms with E-state index >= 15 is 0 Å². The fourth-order valence-electron chi connectivity index (χ4n) is 3.49. The van der Waals surface area contributed by atoms with Gasteiger partial charge >= 0.3 is 0 Å². The second kappa shape index (κ2) is 8.23. The predicted octanol–water partition coefficient (Wildman–Crippen LogP) is 3.13. The molecule has 3 nitrogen and oxygen atoms in total. The number of hydrogen-bond acceptors (Lipinski definition) is 3. The molecular formula is C16H31NO2. The number of rotatable bonds is 9. The summed E-state index contributed by atoms with van der Waals surface area (Å²) in [4.78, 5) is 0. The van der Waals surface area contributed by atoms with Crippen molar-refractivity contribution >= 4 is 0 Å². The number of nitrogens with one attached hydrogen (secondary N) is 1. The van der Waals surface area contributed by atoms with Crippen molar-refractivity contribution in [3.05, 3.63) is 0 Å². The van der Waals surface area contributed by atoms with Gasteiger partial charge in [0.15, 0.2) is 0 Å². The van der Waals surface area contributed by atoms with Crippen LogP contribution in [0.1, 0.15) is 58.8 Å². The largest absolute Gasteiger partial charge is 0.378 e. The molecule has 1 heterocycles. The summed E-state index contributed by atoms with van der Waals surface area (Å²) in [6, 6.07) is 0.682. The molecule has 0 aromatic rings. The van der Waals surface area contributed by atoms with Gasteiger partial charge < -0.3 is 14.8 Å². The van der Waals surface area contributed by atoms with Crippen molar-refractivity contribution in [2.75, 3.05) is 19.8 Å². The second-order valence-electron chi connectivity index (χ2n) is 6.12. The highest BCUT2D eigenvalue weighted by molar-refractivity contribution is 4.84. The van der Waals surface area contributed by atoms with Gasteiger partial charge in [0.2, 0.25) is 0 Å². The van der Waals surface area contributed by atoms with Gasteiger partial charge in [-0.3, -0.25) is 0 Å². The molecule has 2 atom stereocenters. The summed E-state index contributed by atoms with van der Waals surface area (Å²) < 4.78 is 11.4.